The molecule has 9 heteroatoms. The SMILES string of the molecule is O=C(c1cccnc1)N1CCc2c(nc([C@@H]3CCCCN3C(=O)[C@H]3CCCO3)[nH]c2=O)C1. The summed E-state index contributed by atoms with van der Waals surface area (Å²) < 4.78 is 5.62. The van der Waals surface area contributed by atoms with Gasteiger partial charge in [0.05, 0.1) is 23.8 Å². The molecule has 168 valence electrons. The normalized spacial score (nSPS) is 23.1. The molecule has 9 nitrogen and oxygen atoms in total. The number of rotatable bonds is 3. The van der Waals surface area contributed by atoms with Gasteiger partial charge in [0, 0.05) is 37.7 Å². The van der Waals surface area contributed by atoms with Crippen molar-refractivity contribution in [2.45, 2.75) is 57.2 Å². The van der Waals surface area contributed by atoms with Gasteiger partial charge < -0.3 is 19.5 Å². The Morgan fingerprint density at radius 2 is 2.06 bits per heavy atom. The van der Waals surface area contributed by atoms with Crippen LogP contribution in [0.5, 0.6) is 0 Å². The fourth-order valence-electron chi connectivity index (χ4n) is 4.90. The minimum Gasteiger partial charge on any atom is -0.368 e. The van der Waals surface area contributed by atoms with Gasteiger partial charge >= 0.3 is 0 Å². The Morgan fingerprint density at radius 3 is 2.84 bits per heavy atom. The lowest BCUT2D eigenvalue weighted by Gasteiger charge is -2.37. The van der Waals surface area contributed by atoms with E-state index in [1.807, 2.05) is 4.90 Å². The number of piperidine rings is 1. The van der Waals surface area contributed by atoms with Gasteiger partial charge in [0.25, 0.3) is 17.4 Å². The van der Waals surface area contributed by atoms with Crippen LogP contribution in [0.4, 0.5) is 0 Å². The van der Waals surface area contributed by atoms with E-state index >= 15 is 0 Å². The molecule has 2 fully saturated rings. The number of nitrogens with one attached hydrogen (secondary N) is 1. The molecular weight excluding hydrogens is 410 g/mol. The number of fused-ring (bicyclic) bond motifs is 1. The molecule has 3 aliphatic heterocycles. The summed E-state index contributed by atoms with van der Waals surface area (Å²) in [4.78, 5) is 54.1. The quantitative estimate of drug-likeness (QED) is 0.781. The van der Waals surface area contributed by atoms with E-state index < -0.39 is 6.10 Å². The summed E-state index contributed by atoms with van der Waals surface area (Å²) in [5.74, 6) is 0.372. The molecule has 5 rings (SSSR count). The molecule has 0 bridgehead atoms. The summed E-state index contributed by atoms with van der Waals surface area (Å²) in [6.07, 6.45) is 7.50. The van der Waals surface area contributed by atoms with Gasteiger partial charge in [-0.05, 0) is 50.7 Å². The Morgan fingerprint density at radius 1 is 1.16 bits per heavy atom. The number of hydrogen-bond donors (Lipinski definition) is 1. The number of H-pyrrole nitrogens is 1. The number of ether oxygens (including phenoxy) is 1. The van der Waals surface area contributed by atoms with Crippen LogP contribution in [0.2, 0.25) is 0 Å². The summed E-state index contributed by atoms with van der Waals surface area (Å²) in [7, 11) is 0. The van der Waals surface area contributed by atoms with Gasteiger partial charge in [0.15, 0.2) is 0 Å². The number of nitrogens with zero attached hydrogens (tertiary/aromatic N) is 4. The number of aromatic nitrogens is 3. The molecule has 2 amide bonds. The van der Waals surface area contributed by atoms with E-state index in [-0.39, 0.29) is 30.0 Å². The second-order valence-corrected chi connectivity index (χ2v) is 8.64. The fraction of sp³-hybridized carbons (Fsp3) is 0.522. The maximum absolute atomic E-state index is 13.1. The molecule has 3 aliphatic rings. The highest BCUT2D eigenvalue weighted by molar-refractivity contribution is 5.94. The minimum absolute atomic E-state index is 0.0130. The van der Waals surface area contributed by atoms with Crippen molar-refractivity contribution in [3.63, 3.8) is 0 Å². The third-order valence-corrected chi connectivity index (χ3v) is 6.59. The lowest BCUT2D eigenvalue weighted by atomic mass is 9.99. The average Bonchev–Trinajstić information content (AvgIpc) is 3.38. The third-order valence-electron chi connectivity index (χ3n) is 6.59. The van der Waals surface area contributed by atoms with E-state index in [2.05, 4.69) is 9.97 Å². The molecule has 1 N–H and O–H groups in total. The van der Waals surface area contributed by atoms with Crippen LogP contribution < -0.4 is 5.56 Å². The van der Waals surface area contributed by atoms with Crippen LogP contribution >= 0.6 is 0 Å². The number of hydrogen-bond acceptors (Lipinski definition) is 6. The van der Waals surface area contributed by atoms with E-state index in [1.165, 1.54) is 0 Å². The number of aromatic amines is 1. The largest absolute Gasteiger partial charge is 0.368 e. The second-order valence-electron chi connectivity index (χ2n) is 8.64. The van der Waals surface area contributed by atoms with Gasteiger partial charge in [-0.25, -0.2) is 4.98 Å². The Bertz CT molecular complexity index is 1060. The van der Waals surface area contributed by atoms with Crippen LogP contribution in [0.1, 0.15) is 65.6 Å². The zero-order chi connectivity index (χ0) is 22.1. The average molecular weight is 438 g/mol. The predicted molar refractivity (Wildman–Crippen MR) is 115 cm³/mol. The summed E-state index contributed by atoms with van der Waals surface area (Å²) in [5, 5.41) is 0. The first-order valence-corrected chi connectivity index (χ1v) is 11.3. The topological polar surface area (TPSA) is 108 Å². The Labute approximate surface area is 185 Å². The predicted octanol–water partition coefficient (Wildman–Crippen LogP) is 1.60. The number of pyridine rings is 1. The smallest absolute Gasteiger partial charge is 0.255 e. The van der Waals surface area contributed by atoms with Gasteiger partial charge in [-0.15, -0.1) is 0 Å². The molecule has 0 unspecified atom stereocenters. The molecule has 32 heavy (non-hydrogen) atoms. The Hall–Kier alpha value is -3.07. The zero-order valence-electron chi connectivity index (χ0n) is 18.0. The Balaban J connectivity index is 1.41. The lowest BCUT2D eigenvalue weighted by Crippen LogP contribution is -2.45. The number of carbonyl (C=O) groups is 2. The van der Waals surface area contributed by atoms with Crippen LogP contribution in [0.25, 0.3) is 0 Å². The fourth-order valence-corrected chi connectivity index (χ4v) is 4.90. The monoisotopic (exact) mass is 437 g/mol. The van der Waals surface area contributed by atoms with Crippen molar-refractivity contribution in [2.75, 3.05) is 19.7 Å². The van der Waals surface area contributed by atoms with Crippen molar-refractivity contribution in [1.82, 2.24) is 24.8 Å². The van der Waals surface area contributed by atoms with Crippen molar-refractivity contribution < 1.29 is 14.3 Å². The lowest BCUT2D eigenvalue weighted by molar-refractivity contribution is -0.145. The maximum atomic E-state index is 13.1. The van der Waals surface area contributed by atoms with Gasteiger partial charge in [-0.1, -0.05) is 0 Å². The first-order valence-electron chi connectivity index (χ1n) is 11.3. The van der Waals surface area contributed by atoms with Crippen molar-refractivity contribution >= 4 is 11.8 Å². The molecule has 2 aromatic rings. The molecule has 0 radical (unpaired) electrons. The summed E-state index contributed by atoms with van der Waals surface area (Å²) >= 11 is 0. The van der Waals surface area contributed by atoms with Gasteiger partial charge in [-0.2, -0.15) is 0 Å². The van der Waals surface area contributed by atoms with Crippen LogP contribution in [-0.4, -0.2) is 62.4 Å². The number of carbonyl (C=O) groups excluding carboxylic acids is 2. The van der Waals surface area contributed by atoms with Crippen molar-refractivity contribution in [2.24, 2.45) is 0 Å². The standard InChI is InChI=1S/C23H27N5O4/c29-21-16-8-11-27(22(30)15-5-3-9-24-13-15)14-17(16)25-20(26-21)18-6-1-2-10-28(18)23(31)19-7-4-12-32-19/h3,5,9,13,18-19H,1-2,4,6-8,10-12,14H2,(H,25,26,29)/t18-,19+/m0/s1. The highest BCUT2D eigenvalue weighted by atomic mass is 16.5. The van der Waals surface area contributed by atoms with Gasteiger partial charge in [-0.3, -0.25) is 19.4 Å². The van der Waals surface area contributed by atoms with E-state index in [0.29, 0.717) is 48.8 Å². The molecule has 5 heterocycles. The van der Waals surface area contributed by atoms with Crippen molar-refractivity contribution in [3.8, 4) is 0 Å². The maximum Gasteiger partial charge on any atom is 0.255 e. The Kier molecular flexibility index (Phi) is 5.73. The number of likely N-dealkylation sites (tertiary alicyclic amines) is 1. The molecular formula is C23H27N5O4. The molecule has 2 atom stereocenters. The molecule has 0 aliphatic carbocycles. The highest BCUT2D eigenvalue weighted by Gasteiger charge is 2.36. The van der Waals surface area contributed by atoms with E-state index in [1.54, 1.807) is 29.4 Å². The van der Waals surface area contributed by atoms with E-state index in [0.717, 1.165) is 32.1 Å². The second kappa shape index (κ2) is 8.82. The van der Waals surface area contributed by atoms with Gasteiger partial charge in [0.2, 0.25) is 0 Å². The third kappa shape index (κ3) is 3.92. The highest BCUT2D eigenvalue weighted by Crippen LogP contribution is 2.31. The number of amides is 2. The van der Waals surface area contributed by atoms with Crippen LogP contribution in [0, 0.1) is 0 Å². The van der Waals surface area contributed by atoms with Crippen LogP contribution in [-0.2, 0) is 22.5 Å². The molecule has 0 aromatic carbocycles. The van der Waals surface area contributed by atoms with Crippen molar-refractivity contribution in [1.29, 1.82) is 0 Å². The first-order chi connectivity index (χ1) is 15.6. The van der Waals surface area contributed by atoms with Crippen LogP contribution in [0.3, 0.4) is 0 Å². The van der Waals surface area contributed by atoms with E-state index in [4.69, 9.17) is 9.72 Å². The summed E-state index contributed by atoms with van der Waals surface area (Å²) in [5.41, 5.74) is 1.58. The van der Waals surface area contributed by atoms with Crippen LogP contribution in [0.15, 0.2) is 29.3 Å². The molecule has 2 aromatic heterocycles. The van der Waals surface area contributed by atoms with Gasteiger partial charge in [0.1, 0.15) is 11.9 Å². The minimum atomic E-state index is -0.396. The van der Waals surface area contributed by atoms with Crippen molar-refractivity contribution in [3.05, 3.63) is 57.5 Å². The molecule has 0 spiro atoms. The molecule has 2 saturated heterocycles. The molecule has 0 saturated carbocycles. The van der Waals surface area contributed by atoms with E-state index in [9.17, 15) is 14.4 Å². The zero-order valence-corrected chi connectivity index (χ0v) is 18.0. The summed E-state index contributed by atoms with van der Waals surface area (Å²) in [6, 6.07) is 3.19. The summed E-state index contributed by atoms with van der Waals surface area (Å²) in [6.45, 7) is 1.98. The first kappa shape index (κ1) is 20.8.